The molecule has 10 heteroatoms. The number of pyridine rings is 1. The fourth-order valence-electron chi connectivity index (χ4n) is 3.85. The van der Waals surface area contributed by atoms with E-state index in [1.165, 1.54) is 18.6 Å². The molecule has 0 radical (unpaired) electrons. The van der Waals surface area contributed by atoms with Gasteiger partial charge in [0.25, 0.3) is 0 Å². The van der Waals surface area contributed by atoms with Gasteiger partial charge in [0.15, 0.2) is 11.6 Å². The summed E-state index contributed by atoms with van der Waals surface area (Å²) in [6.07, 6.45) is 3.25. The number of aryl methyl sites for hydroxylation is 1. The molecule has 4 rings (SSSR count). The van der Waals surface area contributed by atoms with Crippen LogP contribution in [0.2, 0.25) is 0 Å². The molecular formula is C23H26FN7O2. The van der Waals surface area contributed by atoms with E-state index in [0.29, 0.717) is 36.8 Å². The van der Waals surface area contributed by atoms with Gasteiger partial charge < -0.3 is 9.47 Å². The summed E-state index contributed by atoms with van der Waals surface area (Å²) in [5.41, 5.74) is 5.72. The summed E-state index contributed by atoms with van der Waals surface area (Å²) in [5, 5.41) is 9.29. The van der Waals surface area contributed by atoms with Crippen LogP contribution in [0.1, 0.15) is 28.3 Å². The van der Waals surface area contributed by atoms with Gasteiger partial charge in [-0.3, -0.25) is 9.67 Å². The van der Waals surface area contributed by atoms with Crippen LogP contribution in [-0.2, 0) is 17.7 Å². The molecule has 172 valence electrons. The molecule has 0 atom stereocenters. The molecule has 0 spiro atoms. The zero-order valence-electron chi connectivity index (χ0n) is 19.3. The lowest BCUT2D eigenvalue weighted by Gasteiger charge is -2.09. The van der Waals surface area contributed by atoms with Gasteiger partial charge in [0.2, 0.25) is 0 Å². The third kappa shape index (κ3) is 4.47. The molecule has 0 saturated heterocycles. The van der Waals surface area contributed by atoms with Gasteiger partial charge in [-0.05, 0) is 32.9 Å². The first-order valence-electron chi connectivity index (χ1n) is 10.5. The summed E-state index contributed by atoms with van der Waals surface area (Å²) < 4.78 is 27.7. The van der Waals surface area contributed by atoms with Crippen molar-refractivity contribution in [3.63, 3.8) is 0 Å². The van der Waals surface area contributed by atoms with E-state index in [1.807, 2.05) is 31.5 Å². The van der Waals surface area contributed by atoms with Gasteiger partial charge in [-0.15, -0.1) is 0 Å². The molecule has 4 aromatic rings. The van der Waals surface area contributed by atoms with Gasteiger partial charge >= 0.3 is 0 Å². The Morgan fingerprint density at radius 2 is 1.85 bits per heavy atom. The minimum atomic E-state index is -0.385. The highest BCUT2D eigenvalue weighted by Crippen LogP contribution is 2.27. The van der Waals surface area contributed by atoms with Crippen molar-refractivity contribution in [2.24, 2.45) is 0 Å². The molecule has 0 amide bonds. The monoisotopic (exact) mass is 451 g/mol. The van der Waals surface area contributed by atoms with Crippen LogP contribution < -0.4 is 4.74 Å². The molecule has 0 aliphatic heterocycles. The lowest BCUT2D eigenvalue weighted by atomic mass is 10.1. The summed E-state index contributed by atoms with van der Waals surface area (Å²) in [4.78, 5) is 13.1. The Hall–Kier alpha value is -3.66. The van der Waals surface area contributed by atoms with Crippen LogP contribution in [0.5, 0.6) is 5.75 Å². The number of aromatic nitrogens is 7. The maximum Gasteiger partial charge on any atom is 0.163 e. The minimum Gasteiger partial charge on any atom is -0.493 e. The van der Waals surface area contributed by atoms with Gasteiger partial charge in [-0.2, -0.15) is 10.2 Å². The van der Waals surface area contributed by atoms with Crippen LogP contribution in [0.3, 0.4) is 0 Å². The molecule has 0 aliphatic rings. The minimum absolute atomic E-state index is 0.385. The second-order valence-corrected chi connectivity index (χ2v) is 7.66. The Morgan fingerprint density at radius 1 is 1.03 bits per heavy atom. The highest BCUT2D eigenvalue weighted by atomic mass is 19.1. The fourth-order valence-corrected chi connectivity index (χ4v) is 3.85. The zero-order chi connectivity index (χ0) is 23.5. The van der Waals surface area contributed by atoms with Crippen molar-refractivity contribution in [1.82, 2.24) is 34.5 Å². The smallest absolute Gasteiger partial charge is 0.163 e. The van der Waals surface area contributed by atoms with Gasteiger partial charge in [-0.25, -0.2) is 19.0 Å². The topological polar surface area (TPSA) is 92.8 Å². The maximum absolute atomic E-state index is 13.4. The van der Waals surface area contributed by atoms with Gasteiger partial charge in [-0.1, -0.05) is 0 Å². The summed E-state index contributed by atoms with van der Waals surface area (Å²) in [7, 11) is 3.28. The van der Waals surface area contributed by atoms with E-state index in [1.54, 1.807) is 25.0 Å². The Kier molecular flexibility index (Phi) is 6.45. The fraction of sp³-hybridized carbons (Fsp3) is 0.348. The van der Waals surface area contributed by atoms with Crippen molar-refractivity contribution >= 4 is 0 Å². The lowest BCUT2D eigenvalue weighted by molar-refractivity contribution is 0.182. The highest BCUT2D eigenvalue weighted by Gasteiger charge is 2.19. The maximum atomic E-state index is 13.4. The number of methoxy groups -OCH3 is 2. The largest absolute Gasteiger partial charge is 0.493 e. The first-order chi connectivity index (χ1) is 15.9. The molecular weight excluding hydrogens is 425 g/mol. The van der Waals surface area contributed by atoms with E-state index < -0.39 is 0 Å². The van der Waals surface area contributed by atoms with Crippen molar-refractivity contribution in [2.75, 3.05) is 20.8 Å². The Morgan fingerprint density at radius 3 is 2.52 bits per heavy atom. The molecule has 0 saturated carbocycles. The predicted octanol–water partition coefficient (Wildman–Crippen LogP) is 3.23. The van der Waals surface area contributed by atoms with E-state index in [0.717, 1.165) is 34.1 Å². The normalized spacial score (nSPS) is 11.2. The predicted molar refractivity (Wildman–Crippen MR) is 120 cm³/mol. The summed E-state index contributed by atoms with van der Waals surface area (Å²) in [6.45, 7) is 6.89. The standard InChI is InChI=1S/C23H26FN7O2/c1-14-20(30(8-9-32-4)29-22(14)19-7-6-17(24)12-25-19)10-18-11-21(27-13-26-18)31-16(3)23(33-5)15(2)28-31/h6-7,11-13H,8-10H2,1-5H3. The second-order valence-electron chi connectivity index (χ2n) is 7.66. The molecule has 0 fully saturated rings. The van der Waals surface area contributed by atoms with Crippen LogP contribution in [0.25, 0.3) is 17.2 Å². The number of rotatable bonds is 8. The van der Waals surface area contributed by atoms with E-state index in [9.17, 15) is 4.39 Å². The van der Waals surface area contributed by atoms with Crippen molar-refractivity contribution in [1.29, 1.82) is 0 Å². The van der Waals surface area contributed by atoms with Crippen molar-refractivity contribution in [2.45, 2.75) is 33.7 Å². The average molecular weight is 452 g/mol. The van der Waals surface area contributed by atoms with E-state index >= 15 is 0 Å². The van der Waals surface area contributed by atoms with Crippen molar-refractivity contribution in [3.05, 3.63) is 64.9 Å². The molecule has 0 unspecified atom stereocenters. The Balaban J connectivity index is 1.71. The quantitative estimate of drug-likeness (QED) is 0.406. The number of hydrogen-bond acceptors (Lipinski definition) is 7. The molecule has 0 N–H and O–H groups in total. The molecule has 4 aromatic heterocycles. The molecule has 0 aromatic carbocycles. The van der Waals surface area contributed by atoms with E-state index in [-0.39, 0.29) is 5.82 Å². The third-order valence-corrected chi connectivity index (χ3v) is 5.50. The first-order valence-corrected chi connectivity index (χ1v) is 10.5. The van der Waals surface area contributed by atoms with Crippen molar-refractivity contribution in [3.8, 4) is 23.0 Å². The zero-order valence-corrected chi connectivity index (χ0v) is 19.3. The summed E-state index contributed by atoms with van der Waals surface area (Å²) in [5.74, 6) is 1.01. The Labute approximate surface area is 191 Å². The van der Waals surface area contributed by atoms with Gasteiger partial charge in [0.1, 0.15) is 23.5 Å². The first kappa shape index (κ1) is 22.5. The number of nitrogens with zero attached hydrogens (tertiary/aromatic N) is 7. The SMILES string of the molecule is COCCn1nc(-c2ccc(F)cn2)c(C)c1Cc1cc(-n2nc(C)c(OC)c2C)ncn1. The van der Waals surface area contributed by atoms with Crippen LogP contribution >= 0.6 is 0 Å². The Bertz CT molecular complexity index is 1260. The molecule has 4 heterocycles. The third-order valence-electron chi connectivity index (χ3n) is 5.50. The molecule has 9 nitrogen and oxygen atoms in total. The number of ether oxygens (including phenoxy) is 2. The second kappa shape index (κ2) is 9.45. The summed E-state index contributed by atoms with van der Waals surface area (Å²) in [6, 6.07) is 4.92. The van der Waals surface area contributed by atoms with Crippen molar-refractivity contribution < 1.29 is 13.9 Å². The highest BCUT2D eigenvalue weighted by molar-refractivity contribution is 5.60. The van der Waals surface area contributed by atoms with Crippen LogP contribution in [0, 0.1) is 26.6 Å². The van der Waals surface area contributed by atoms with Gasteiger partial charge in [0.05, 0.1) is 43.5 Å². The molecule has 33 heavy (non-hydrogen) atoms. The number of halogens is 1. The van der Waals surface area contributed by atoms with Crippen LogP contribution in [-0.4, -0.2) is 55.3 Å². The van der Waals surface area contributed by atoms with Crippen LogP contribution in [0.4, 0.5) is 4.39 Å². The van der Waals surface area contributed by atoms with Crippen LogP contribution in [0.15, 0.2) is 30.7 Å². The molecule has 0 bridgehead atoms. The average Bonchev–Trinajstić information content (AvgIpc) is 3.28. The van der Waals surface area contributed by atoms with E-state index in [4.69, 9.17) is 14.6 Å². The van der Waals surface area contributed by atoms with E-state index in [2.05, 4.69) is 20.1 Å². The summed E-state index contributed by atoms with van der Waals surface area (Å²) >= 11 is 0. The molecule has 0 aliphatic carbocycles. The van der Waals surface area contributed by atoms with Gasteiger partial charge in [0, 0.05) is 30.9 Å². The lowest BCUT2D eigenvalue weighted by Crippen LogP contribution is -2.11. The number of hydrogen-bond donors (Lipinski definition) is 0.